The second kappa shape index (κ2) is 12.0. The predicted octanol–water partition coefficient (Wildman–Crippen LogP) is 3.71. The number of hydrogen-bond acceptors (Lipinski definition) is 5. The van der Waals surface area contributed by atoms with Gasteiger partial charge in [-0.25, -0.2) is 4.79 Å². The number of anilines is 1. The summed E-state index contributed by atoms with van der Waals surface area (Å²) in [5.74, 6) is -0.527. The lowest BCUT2D eigenvalue weighted by molar-refractivity contribution is -0.127. The standard InChI is InChI=1S/C28H38N4O4/c1-7-32-21(5)23(26(22(32)6)28(35)36-8-2)12-13-25(34)31-16-14-30(15-17-31)18-24(33)29-27-19(3)10-9-11-20(27)4/h9-13H,7-8,14-18H2,1-6H3,(H,29,33)/b13-12+. The number of hydrogen-bond donors (Lipinski definition) is 1. The number of carbonyl (C=O) groups excluding carboxylic acids is 3. The summed E-state index contributed by atoms with van der Waals surface area (Å²) in [6, 6.07) is 5.94. The van der Waals surface area contributed by atoms with Gasteiger partial charge in [-0.3, -0.25) is 14.5 Å². The first-order valence-electron chi connectivity index (χ1n) is 12.6. The number of para-hydroxylation sites is 1. The lowest BCUT2D eigenvalue weighted by atomic mass is 10.1. The van der Waals surface area contributed by atoms with E-state index in [4.69, 9.17) is 4.74 Å². The van der Waals surface area contributed by atoms with Gasteiger partial charge < -0.3 is 19.5 Å². The predicted molar refractivity (Wildman–Crippen MR) is 142 cm³/mol. The van der Waals surface area contributed by atoms with Crippen LogP contribution in [0.15, 0.2) is 24.3 Å². The molecule has 1 fully saturated rings. The fourth-order valence-electron chi connectivity index (χ4n) is 4.83. The van der Waals surface area contributed by atoms with Crippen LogP contribution in [0.25, 0.3) is 6.08 Å². The van der Waals surface area contributed by atoms with Crippen molar-refractivity contribution in [2.45, 2.75) is 48.1 Å². The molecule has 0 radical (unpaired) electrons. The van der Waals surface area contributed by atoms with Crippen molar-refractivity contribution in [2.24, 2.45) is 0 Å². The van der Waals surface area contributed by atoms with Crippen molar-refractivity contribution in [1.82, 2.24) is 14.4 Å². The molecule has 0 spiro atoms. The lowest BCUT2D eigenvalue weighted by Crippen LogP contribution is -2.50. The molecule has 0 bridgehead atoms. The maximum absolute atomic E-state index is 12.9. The monoisotopic (exact) mass is 494 g/mol. The lowest BCUT2D eigenvalue weighted by Gasteiger charge is -2.33. The van der Waals surface area contributed by atoms with Gasteiger partial charge >= 0.3 is 5.97 Å². The zero-order chi connectivity index (χ0) is 26.4. The van der Waals surface area contributed by atoms with E-state index < -0.39 is 0 Å². The number of benzene rings is 1. The van der Waals surface area contributed by atoms with E-state index in [9.17, 15) is 14.4 Å². The average Bonchev–Trinajstić information content (AvgIpc) is 3.09. The van der Waals surface area contributed by atoms with E-state index in [2.05, 4.69) is 14.8 Å². The number of aryl methyl sites for hydroxylation is 2. The molecule has 36 heavy (non-hydrogen) atoms. The molecule has 1 saturated heterocycles. The number of rotatable bonds is 8. The molecule has 0 saturated carbocycles. The van der Waals surface area contributed by atoms with E-state index in [-0.39, 0.29) is 24.3 Å². The Balaban J connectivity index is 1.60. The normalized spacial score (nSPS) is 14.3. The van der Waals surface area contributed by atoms with Gasteiger partial charge in [0, 0.05) is 61.4 Å². The summed E-state index contributed by atoms with van der Waals surface area (Å²) in [5.41, 5.74) is 5.96. The molecule has 1 N–H and O–H groups in total. The Morgan fingerprint density at radius 3 is 2.19 bits per heavy atom. The Morgan fingerprint density at radius 1 is 0.972 bits per heavy atom. The van der Waals surface area contributed by atoms with Crippen LogP contribution in [0.1, 0.15) is 52.3 Å². The molecule has 8 nitrogen and oxygen atoms in total. The highest BCUT2D eigenvalue weighted by Gasteiger charge is 2.24. The molecule has 3 rings (SSSR count). The van der Waals surface area contributed by atoms with Crippen LogP contribution in [-0.4, -0.2) is 71.5 Å². The van der Waals surface area contributed by atoms with Gasteiger partial charge in [-0.1, -0.05) is 18.2 Å². The summed E-state index contributed by atoms with van der Waals surface area (Å²) in [5, 5.41) is 3.03. The molecule has 0 aliphatic carbocycles. The summed E-state index contributed by atoms with van der Waals surface area (Å²) < 4.78 is 7.31. The molecular formula is C28H38N4O4. The number of amides is 2. The summed E-state index contributed by atoms with van der Waals surface area (Å²) in [6.45, 7) is 15.3. The van der Waals surface area contributed by atoms with Crippen LogP contribution in [0.2, 0.25) is 0 Å². The highest BCUT2D eigenvalue weighted by Crippen LogP contribution is 2.25. The summed E-state index contributed by atoms with van der Waals surface area (Å²) in [7, 11) is 0. The third kappa shape index (κ3) is 6.05. The van der Waals surface area contributed by atoms with Crippen LogP contribution in [0, 0.1) is 27.7 Å². The quantitative estimate of drug-likeness (QED) is 0.447. The van der Waals surface area contributed by atoms with E-state index in [0.717, 1.165) is 40.3 Å². The highest BCUT2D eigenvalue weighted by atomic mass is 16.5. The van der Waals surface area contributed by atoms with Gasteiger partial charge in [0.05, 0.1) is 18.7 Å². The van der Waals surface area contributed by atoms with Crippen molar-refractivity contribution in [3.8, 4) is 0 Å². The van der Waals surface area contributed by atoms with Gasteiger partial charge in [0.15, 0.2) is 0 Å². The number of ether oxygens (including phenoxy) is 1. The molecule has 2 amide bonds. The molecule has 1 aliphatic heterocycles. The Kier molecular flexibility index (Phi) is 9.09. The van der Waals surface area contributed by atoms with Crippen molar-refractivity contribution in [3.63, 3.8) is 0 Å². The van der Waals surface area contributed by atoms with Crippen molar-refractivity contribution < 1.29 is 19.1 Å². The topological polar surface area (TPSA) is 83.9 Å². The largest absolute Gasteiger partial charge is 0.462 e. The van der Waals surface area contributed by atoms with Gasteiger partial charge in [-0.15, -0.1) is 0 Å². The van der Waals surface area contributed by atoms with Gasteiger partial charge in [-0.05, 0) is 58.7 Å². The first-order valence-corrected chi connectivity index (χ1v) is 12.6. The Labute approximate surface area is 213 Å². The van der Waals surface area contributed by atoms with Crippen LogP contribution >= 0.6 is 0 Å². The van der Waals surface area contributed by atoms with Crippen LogP contribution in [0.3, 0.4) is 0 Å². The number of piperazine rings is 1. The number of nitrogens with zero attached hydrogens (tertiary/aromatic N) is 3. The maximum atomic E-state index is 12.9. The first-order chi connectivity index (χ1) is 17.2. The number of aromatic nitrogens is 1. The van der Waals surface area contributed by atoms with Crippen molar-refractivity contribution >= 4 is 29.5 Å². The van der Waals surface area contributed by atoms with E-state index in [0.29, 0.717) is 38.3 Å². The van der Waals surface area contributed by atoms with Gasteiger partial charge in [0.1, 0.15) is 0 Å². The molecule has 2 heterocycles. The summed E-state index contributed by atoms with van der Waals surface area (Å²) >= 11 is 0. The van der Waals surface area contributed by atoms with Crippen LogP contribution in [0.5, 0.6) is 0 Å². The minimum atomic E-state index is -0.370. The summed E-state index contributed by atoms with van der Waals surface area (Å²) in [6.07, 6.45) is 3.27. The van der Waals surface area contributed by atoms with Crippen molar-refractivity contribution in [3.05, 3.63) is 57.9 Å². The summed E-state index contributed by atoms with van der Waals surface area (Å²) in [4.78, 5) is 41.9. The van der Waals surface area contributed by atoms with Crippen LogP contribution in [-0.2, 0) is 20.9 Å². The van der Waals surface area contributed by atoms with Gasteiger partial charge in [0.25, 0.3) is 0 Å². The third-order valence-corrected chi connectivity index (χ3v) is 6.82. The highest BCUT2D eigenvalue weighted by molar-refractivity contribution is 5.99. The smallest absolute Gasteiger partial charge is 0.340 e. The first kappa shape index (κ1) is 27.2. The van der Waals surface area contributed by atoms with Gasteiger partial charge in [0.2, 0.25) is 11.8 Å². The molecular weight excluding hydrogens is 456 g/mol. The minimum absolute atomic E-state index is 0.0511. The zero-order valence-corrected chi connectivity index (χ0v) is 22.3. The zero-order valence-electron chi connectivity index (χ0n) is 22.3. The Hall–Kier alpha value is -3.39. The van der Waals surface area contributed by atoms with E-state index in [1.54, 1.807) is 17.9 Å². The molecule has 8 heteroatoms. The molecule has 0 unspecified atom stereocenters. The van der Waals surface area contributed by atoms with Crippen LogP contribution < -0.4 is 5.32 Å². The van der Waals surface area contributed by atoms with E-state index in [1.165, 1.54) is 6.08 Å². The Bertz CT molecular complexity index is 1140. The third-order valence-electron chi connectivity index (χ3n) is 6.82. The molecule has 1 aromatic carbocycles. The molecule has 1 aromatic heterocycles. The number of esters is 1. The van der Waals surface area contributed by atoms with E-state index in [1.807, 2.05) is 52.8 Å². The molecule has 2 aromatic rings. The van der Waals surface area contributed by atoms with E-state index >= 15 is 0 Å². The molecule has 0 atom stereocenters. The van der Waals surface area contributed by atoms with Crippen LogP contribution in [0.4, 0.5) is 5.69 Å². The molecule has 194 valence electrons. The second-order valence-corrected chi connectivity index (χ2v) is 9.17. The second-order valence-electron chi connectivity index (χ2n) is 9.17. The molecule has 1 aliphatic rings. The average molecular weight is 495 g/mol. The Morgan fingerprint density at radius 2 is 1.61 bits per heavy atom. The maximum Gasteiger partial charge on any atom is 0.340 e. The number of carbonyl (C=O) groups is 3. The SMILES string of the molecule is CCOC(=O)c1c(/C=C/C(=O)N2CCN(CC(=O)Nc3c(C)cccc3C)CC2)c(C)n(CC)c1C. The van der Waals surface area contributed by atoms with Gasteiger partial charge in [-0.2, -0.15) is 0 Å². The fourth-order valence-corrected chi connectivity index (χ4v) is 4.83. The fraction of sp³-hybridized carbons (Fsp3) is 0.464. The minimum Gasteiger partial charge on any atom is -0.462 e. The van der Waals surface area contributed by atoms with Crippen molar-refractivity contribution in [2.75, 3.05) is 44.6 Å². The van der Waals surface area contributed by atoms with Crippen molar-refractivity contribution in [1.29, 1.82) is 0 Å². The number of nitrogens with one attached hydrogen (secondary N) is 1.